The van der Waals surface area contributed by atoms with Crippen LogP contribution in [0.1, 0.15) is 26.2 Å². The number of ether oxygens (including phenoxy) is 1. The molecule has 2 heterocycles. The SMILES string of the molecule is CC1CCCCN1C(=O)COC(=O)Cn1[nH]c(=O)c2ccccc2c1=O. The second kappa shape index (κ2) is 7.55. The van der Waals surface area contributed by atoms with Crippen LogP contribution in [0.4, 0.5) is 0 Å². The highest BCUT2D eigenvalue weighted by Gasteiger charge is 2.24. The van der Waals surface area contributed by atoms with Crippen LogP contribution in [0.2, 0.25) is 0 Å². The molecule has 1 aromatic carbocycles. The monoisotopic (exact) mass is 359 g/mol. The van der Waals surface area contributed by atoms with Gasteiger partial charge in [0.25, 0.3) is 17.0 Å². The normalized spacial score (nSPS) is 17.3. The van der Waals surface area contributed by atoms with E-state index in [4.69, 9.17) is 4.74 Å². The predicted octanol–water partition coefficient (Wildman–Crippen LogP) is 0.634. The summed E-state index contributed by atoms with van der Waals surface area (Å²) in [6.45, 7) is 1.81. The van der Waals surface area contributed by atoms with Gasteiger partial charge in [0.2, 0.25) is 0 Å². The van der Waals surface area contributed by atoms with E-state index in [1.54, 1.807) is 17.0 Å². The molecule has 1 aliphatic rings. The lowest BCUT2D eigenvalue weighted by Gasteiger charge is -2.33. The van der Waals surface area contributed by atoms with Crippen LogP contribution in [-0.2, 0) is 20.9 Å². The van der Waals surface area contributed by atoms with Crippen LogP contribution < -0.4 is 11.1 Å². The van der Waals surface area contributed by atoms with Gasteiger partial charge >= 0.3 is 5.97 Å². The van der Waals surface area contributed by atoms with E-state index in [1.165, 1.54) is 12.1 Å². The number of carbonyl (C=O) groups excluding carboxylic acids is 2. The number of benzene rings is 1. The predicted molar refractivity (Wildman–Crippen MR) is 94.8 cm³/mol. The zero-order chi connectivity index (χ0) is 18.7. The molecule has 1 saturated heterocycles. The Labute approximate surface area is 149 Å². The molecule has 0 radical (unpaired) electrons. The minimum atomic E-state index is -0.754. The number of nitrogens with zero attached hydrogens (tertiary/aromatic N) is 2. The molecule has 1 aromatic heterocycles. The van der Waals surface area contributed by atoms with Crippen molar-refractivity contribution in [1.29, 1.82) is 0 Å². The fraction of sp³-hybridized carbons (Fsp3) is 0.444. The molecule has 1 atom stereocenters. The number of piperidine rings is 1. The molecular formula is C18H21N3O5. The van der Waals surface area contributed by atoms with Crippen LogP contribution in [0.25, 0.3) is 10.8 Å². The number of hydrogen-bond donors (Lipinski definition) is 1. The van der Waals surface area contributed by atoms with Crippen LogP contribution in [0.5, 0.6) is 0 Å². The molecule has 3 rings (SSSR count). The van der Waals surface area contributed by atoms with Gasteiger partial charge in [0.15, 0.2) is 6.61 Å². The summed E-state index contributed by atoms with van der Waals surface area (Å²) in [7, 11) is 0. The fourth-order valence-corrected chi connectivity index (χ4v) is 3.23. The van der Waals surface area contributed by atoms with E-state index >= 15 is 0 Å². The van der Waals surface area contributed by atoms with Crippen molar-refractivity contribution in [2.45, 2.75) is 38.8 Å². The molecule has 1 amide bonds. The second-order valence-electron chi connectivity index (χ2n) is 6.47. The molecule has 26 heavy (non-hydrogen) atoms. The standard InChI is InChI=1S/C18H21N3O5/c1-12-6-4-5-9-20(12)15(22)11-26-16(23)10-21-18(25)14-8-3-2-7-13(14)17(24)19-21/h2-3,7-8,12H,4-6,9-11H2,1H3,(H,19,24). The maximum absolute atomic E-state index is 12.4. The van der Waals surface area contributed by atoms with Gasteiger partial charge in [-0.2, -0.15) is 0 Å². The van der Waals surface area contributed by atoms with Gasteiger partial charge < -0.3 is 9.64 Å². The van der Waals surface area contributed by atoms with Crippen molar-refractivity contribution < 1.29 is 14.3 Å². The Hall–Kier alpha value is -2.90. The molecule has 1 aliphatic heterocycles. The summed E-state index contributed by atoms with van der Waals surface area (Å²) in [5, 5.41) is 2.84. The molecular weight excluding hydrogens is 338 g/mol. The van der Waals surface area contributed by atoms with E-state index in [-0.39, 0.29) is 29.3 Å². The van der Waals surface area contributed by atoms with E-state index in [0.29, 0.717) is 6.54 Å². The van der Waals surface area contributed by atoms with Gasteiger partial charge in [-0.3, -0.25) is 24.3 Å². The van der Waals surface area contributed by atoms with E-state index in [0.717, 1.165) is 23.9 Å². The van der Waals surface area contributed by atoms with E-state index in [9.17, 15) is 19.2 Å². The molecule has 138 valence electrons. The number of hydrogen-bond acceptors (Lipinski definition) is 5. The van der Waals surface area contributed by atoms with Gasteiger partial charge in [0.1, 0.15) is 6.54 Å². The van der Waals surface area contributed by atoms with Crippen molar-refractivity contribution in [3.8, 4) is 0 Å². The first kappa shape index (κ1) is 17.9. The first-order valence-electron chi connectivity index (χ1n) is 8.64. The Morgan fingerprint density at radius 3 is 2.65 bits per heavy atom. The number of esters is 1. The van der Waals surface area contributed by atoms with Crippen molar-refractivity contribution in [3.05, 3.63) is 45.0 Å². The molecule has 2 aromatic rings. The third-order valence-corrected chi connectivity index (χ3v) is 4.65. The Kier molecular flexibility index (Phi) is 5.20. The van der Waals surface area contributed by atoms with Crippen molar-refractivity contribution >= 4 is 22.6 Å². The molecule has 1 unspecified atom stereocenters. The molecule has 1 N–H and O–H groups in total. The molecule has 0 bridgehead atoms. The number of aromatic nitrogens is 2. The number of H-pyrrole nitrogens is 1. The third-order valence-electron chi connectivity index (χ3n) is 4.65. The quantitative estimate of drug-likeness (QED) is 0.807. The van der Waals surface area contributed by atoms with Gasteiger partial charge in [0.05, 0.1) is 10.8 Å². The smallest absolute Gasteiger partial charge is 0.328 e. The van der Waals surface area contributed by atoms with Gasteiger partial charge in [-0.25, -0.2) is 4.68 Å². The Morgan fingerprint density at radius 1 is 1.19 bits per heavy atom. The second-order valence-corrected chi connectivity index (χ2v) is 6.47. The maximum atomic E-state index is 12.4. The summed E-state index contributed by atoms with van der Waals surface area (Å²) in [4.78, 5) is 50.3. The highest BCUT2D eigenvalue weighted by atomic mass is 16.5. The summed E-state index contributed by atoms with van der Waals surface area (Å²) >= 11 is 0. The van der Waals surface area contributed by atoms with Crippen LogP contribution in [-0.4, -0.2) is 45.8 Å². The third kappa shape index (κ3) is 3.68. The molecule has 8 heteroatoms. The summed E-state index contributed by atoms with van der Waals surface area (Å²) < 4.78 is 5.91. The van der Waals surface area contributed by atoms with Crippen LogP contribution in [0, 0.1) is 0 Å². The number of aromatic amines is 1. The fourth-order valence-electron chi connectivity index (χ4n) is 3.23. The number of amides is 1. The van der Waals surface area contributed by atoms with Crippen molar-refractivity contribution in [2.24, 2.45) is 0 Å². The number of rotatable bonds is 4. The summed E-state index contributed by atoms with van der Waals surface area (Å²) in [5.74, 6) is -0.999. The largest absolute Gasteiger partial charge is 0.454 e. The van der Waals surface area contributed by atoms with Crippen molar-refractivity contribution in [3.63, 3.8) is 0 Å². The van der Waals surface area contributed by atoms with Gasteiger partial charge in [-0.1, -0.05) is 12.1 Å². The Morgan fingerprint density at radius 2 is 1.92 bits per heavy atom. The number of fused-ring (bicyclic) bond motifs is 1. The summed E-state index contributed by atoms with van der Waals surface area (Å²) in [6, 6.07) is 6.49. The summed E-state index contributed by atoms with van der Waals surface area (Å²) in [6.07, 6.45) is 2.97. The minimum Gasteiger partial charge on any atom is -0.454 e. The Balaban J connectivity index is 1.66. The molecule has 0 saturated carbocycles. The van der Waals surface area contributed by atoms with Crippen molar-refractivity contribution in [2.75, 3.05) is 13.2 Å². The highest BCUT2D eigenvalue weighted by molar-refractivity contribution is 5.82. The lowest BCUT2D eigenvalue weighted by atomic mass is 10.0. The maximum Gasteiger partial charge on any atom is 0.328 e. The molecule has 0 spiro atoms. The first-order chi connectivity index (χ1) is 12.5. The van der Waals surface area contributed by atoms with Crippen LogP contribution in [0.3, 0.4) is 0 Å². The van der Waals surface area contributed by atoms with Gasteiger partial charge in [0, 0.05) is 12.6 Å². The molecule has 1 fully saturated rings. The van der Waals surface area contributed by atoms with E-state index in [1.807, 2.05) is 6.92 Å². The Bertz CT molecular complexity index is 946. The van der Waals surface area contributed by atoms with Crippen molar-refractivity contribution in [1.82, 2.24) is 14.7 Å². The highest BCUT2D eigenvalue weighted by Crippen LogP contribution is 2.16. The zero-order valence-corrected chi connectivity index (χ0v) is 14.6. The average Bonchev–Trinajstić information content (AvgIpc) is 2.64. The first-order valence-corrected chi connectivity index (χ1v) is 8.64. The minimum absolute atomic E-state index is 0.134. The number of carbonyl (C=O) groups is 2. The lowest BCUT2D eigenvalue weighted by molar-refractivity contribution is -0.154. The topological polar surface area (TPSA) is 101 Å². The number of nitrogens with one attached hydrogen (secondary N) is 1. The van der Waals surface area contributed by atoms with Gasteiger partial charge in [-0.05, 0) is 38.3 Å². The van der Waals surface area contributed by atoms with Gasteiger partial charge in [-0.15, -0.1) is 0 Å². The zero-order valence-electron chi connectivity index (χ0n) is 14.6. The lowest BCUT2D eigenvalue weighted by Crippen LogP contribution is -2.44. The number of likely N-dealkylation sites (tertiary alicyclic amines) is 1. The van der Waals surface area contributed by atoms with E-state index < -0.39 is 23.6 Å². The van der Waals surface area contributed by atoms with Crippen LogP contribution >= 0.6 is 0 Å². The molecule has 8 nitrogen and oxygen atoms in total. The average molecular weight is 359 g/mol. The van der Waals surface area contributed by atoms with Crippen LogP contribution in [0.15, 0.2) is 33.9 Å². The summed E-state index contributed by atoms with van der Waals surface area (Å²) in [5.41, 5.74) is -0.959. The molecule has 0 aliphatic carbocycles. The van der Waals surface area contributed by atoms with E-state index in [2.05, 4.69) is 5.10 Å².